The second-order valence-corrected chi connectivity index (χ2v) is 6.96. The molecule has 1 amide bonds. The fraction of sp³-hybridized carbons (Fsp3) is 0.524. The lowest BCUT2D eigenvalue weighted by molar-refractivity contribution is 0.0628. The predicted octanol–water partition coefficient (Wildman–Crippen LogP) is 4.28. The van der Waals surface area contributed by atoms with Crippen LogP contribution < -0.4 is 4.74 Å². The first-order valence-electron chi connectivity index (χ1n) is 9.68. The van der Waals surface area contributed by atoms with Gasteiger partial charge in [0.15, 0.2) is 0 Å². The Bertz CT molecular complexity index is 718. The summed E-state index contributed by atoms with van der Waals surface area (Å²) >= 11 is 0. The minimum absolute atomic E-state index is 0.0825. The Hall–Kier alpha value is -2.30. The van der Waals surface area contributed by atoms with Crippen LogP contribution >= 0.6 is 0 Å². The molecule has 0 bridgehead atoms. The average molecular weight is 355 g/mol. The van der Waals surface area contributed by atoms with Crippen molar-refractivity contribution in [3.8, 4) is 5.75 Å². The van der Waals surface area contributed by atoms with E-state index in [1.54, 1.807) is 18.0 Å². The number of amides is 1. The second kappa shape index (κ2) is 8.88. The topological polar surface area (TPSA) is 47.4 Å². The molecule has 1 aliphatic carbocycles. The molecule has 1 heterocycles. The number of aromatic nitrogens is 2. The van der Waals surface area contributed by atoms with Gasteiger partial charge in [0.1, 0.15) is 11.4 Å². The highest BCUT2D eigenvalue weighted by Crippen LogP contribution is 2.26. The lowest BCUT2D eigenvalue weighted by Crippen LogP contribution is -2.40. The minimum atomic E-state index is 0.0825. The molecule has 1 aromatic heterocycles. The third-order valence-electron chi connectivity index (χ3n) is 5.25. The van der Waals surface area contributed by atoms with Crippen molar-refractivity contribution in [1.82, 2.24) is 14.7 Å². The summed E-state index contributed by atoms with van der Waals surface area (Å²) in [5.41, 5.74) is 1.78. The van der Waals surface area contributed by atoms with Crippen LogP contribution in [0.2, 0.25) is 0 Å². The Morgan fingerprint density at radius 2 is 2.00 bits per heavy atom. The first-order chi connectivity index (χ1) is 12.7. The van der Waals surface area contributed by atoms with Crippen LogP contribution in [0.15, 0.2) is 36.5 Å². The van der Waals surface area contributed by atoms with E-state index in [4.69, 9.17) is 4.74 Å². The molecule has 0 spiro atoms. The number of ether oxygens (including phenoxy) is 1. The number of benzene rings is 1. The monoisotopic (exact) mass is 355 g/mol. The summed E-state index contributed by atoms with van der Waals surface area (Å²) in [7, 11) is 1.67. The van der Waals surface area contributed by atoms with E-state index in [1.165, 1.54) is 25.7 Å². The van der Waals surface area contributed by atoms with Crippen molar-refractivity contribution in [3.05, 3.63) is 47.8 Å². The molecule has 2 aromatic rings. The molecule has 1 fully saturated rings. The normalized spacial score (nSPS) is 15.5. The molecule has 0 aliphatic heterocycles. The number of carbonyl (C=O) groups excluding carboxylic acids is 1. The number of aryl methyl sites for hydroxylation is 1. The van der Waals surface area contributed by atoms with Crippen LogP contribution in [0.25, 0.3) is 0 Å². The van der Waals surface area contributed by atoms with Crippen LogP contribution in [0.5, 0.6) is 5.75 Å². The fourth-order valence-corrected chi connectivity index (χ4v) is 3.82. The highest BCUT2D eigenvalue weighted by molar-refractivity contribution is 5.92. The molecule has 0 radical (unpaired) electrons. The Balaban J connectivity index is 1.88. The highest BCUT2D eigenvalue weighted by Gasteiger charge is 2.27. The lowest BCUT2D eigenvalue weighted by Gasteiger charge is -2.31. The zero-order chi connectivity index (χ0) is 18.4. The quantitative estimate of drug-likeness (QED) is 0.727. The highest BCUT2D eigenvalue weighted by atomic mass is 16.5. The zero-order valence-electron chi connectivity index (χ0n) is 15.9. The summed E-state index contributed by atoms with van der Waals surface area (Å²) in [6.45, 7) is 3.32. The van der Waals surface area contributed by atoms with Crippen LogP contribution in [-0.2, 0) is 13.1 Å². The van der Waals surface area contributed by atoms with Crippen LogP contribution in [-0.4, -0.2) is 33.7 Å². The van der Waals surface area contributed by atoms with E-state index < -0.39 is 0 Å². The molecule has 3 rings (SSSR count). The van der Waals surface area contributed by atoms with Gasteiger partial charge in [0.25, 0.3) is 5.91 Å². The maximum absolute atomic E-state index is 13.4. The molecule has 26 heavy (non-hydrogen) atoms. The van der Waals surface area contributed by atoms with Crippen molar-refractivity contribution in [3.63, 3.8) is 0 Å². The van der Waals surface area contributed by atoms with Gasteiger partial charge in [0.05, 0.1) is 7.11 Å². The maximum Gasteiger partial charge on any atom is 0.272 e. The average Bonchev–Trinajstić information content (AvgIpc) is 3.00. The minimum Gasteiger partial charge on any atom is -0.497 e. The number of carbonyl (C=O) groups is 1. The van der Waals surface area contributed by atoms with Crippen LogP contribution in [0.3, 0.4) is 0 Å². The summed E-state index contributed by atoms with van der Waals surface area (Å²) in [5.74, 6) is 0.911. The van der Waals surface area contributed by atoms with Gasteiger partial charge in [-0.2, -0.15) is 5.10 Å². The summed E-state index contributed by atoms with van der Waals surface area (Å²) in [6, 6.07) is 10.1. The molecule has 0 saturated heterocycles. The van der Waals surface area contributed by atoms with E-state index >= 15 is 0 Å². The second-order valence-electron chi connectivity index (χ2n) is 6.96. The fourth-order valence-electron chi connectivity index (χ4n) is 3.82. The van der Waals surface area contributed by atoms with Gasteiger partial charge >= 0.3 is 0 Å². The van der Waals surface area contributed by atoms with Crippen molar-refractivity contribution in [2.75, 3.05) is 7.11 Å². The molecular weight excluding hydrogens is 326 g/mol. The predicted molar refractivity (Wildman–Crippen MR) is 102 cm³/mol. The Morgan fingerprint density at radius 3 is 2.69 bits per heavy atom. The summed E-state index contributed by atoms with van der Waals surface area (Å²) in [5, 5.41) is 4.29. The van der Waals surface area contributed by atoms with Gasteiger partial charge in [0.2, 0.25) is 0 Å². The third kappa shape index (κ3) is 4.26. The van der Waals surface area contributed by atoms with Gasteiger partial charge in [-0.1, -0.05) is 37.8 Å². The van der Waals surface area contributed by atoms with Crippen molar-refractivity contribution in [2.45, 2.75) is 64.6 Å². The van der Waals surface area contributed by atoms with Crippen molar-refractivity contribution >= 4 is 5.91 Å². The molecule has 1 saturated carbocycles. The van der Waals surface area contributed by atoms with E-state index in [1.807, 2.05) is 31.2 Å². The molecule has 5 heteroatoms. The van der Waals surface area contributed by atoms with Gasteiger partial charge in [-0.25, -0.2) is 0 Å². The molecule has 5 nitrogen and oxygen atoms in total. The van der Waals surface area contributed by atoms with Crippen LogP contribution in [0, 0.1) is 0 Å². The van der Waals surface area contributed by atoms with Crippen LogP contribution in [0.4, 0.5) is 0 Å². The standard InChI is InChI=1S/C21H29N3O2/c1-3-24-20(13-14-22-24)21(25)23(18-10-6-4-5-7-11-18)16-17-9-8-12-19(15-17)26-2/h8-9,12-15,18H,3-7,10-11,16H2,1-2H3. The number of hydrogen-bond acceptors (Lipinski definition) is 3. The van der Waals surface area contributed by atoms with Gasteiger partial charge in [0, 0.05) is 25.3 Å². The number of nitrogens with zero attached hydrogens (tertiary/aromatic N) is 3. The molecule has 0 unspecified atom stereocenters. The first kappa shape index (κ1) is 18.5. The van der Waals surface area contributed by atoms with Crippen molar-refractivity contribution in [2.24, 2.45) is 0 Å². The largest absolute Gasteiger partial charge is 0.497 e. The SMILES string of the molecule is CCn1nccc1C(=O)N(Cc1cccc(OC)c1)C1CCCCCC1. The Labute approximate surface area is 156 Å². The number of rotatable bonds is 6. The molecular formula is C21H29N3O2. The summed E-state index contributed by atoms with van der Waals surface area (Å²) in [4.78, 5) is 15.4. The van der Waals surface area contributed by atoms with Crippen LogP contribution in [0.1, 0.15) is 61.5 Å². The van der Waals surface area contributed by atoms with Gasteiger partial charge < -0.3 is 9.64 Å². The van der Waals surface area contributed by atoms with E-state index in [0.717, 1.165) is 24.2 Å². The molecule has 0 N–H and O–H groups in total. The lowest BCUT2D eigenvalue weighted by atomic mass is 10.0. The van der Waals surface area contributed by atoms with Gasteiger partial charge in [-0.3, -0.25) is 9.48 Å². The molecule has 140 valence electrons. The van der Waals surface area contributed by atoms with Crippen molar-refractivity contribution in [1.29, 1.82) is 0 Å². The smallest absolute Gasteiger partial charge is 0.272 e. The number of hydrogen-bond donors (Lipinski definition) is 0. The zero-order valence-corrected chi connectivity index (χ0v) is 15.9. The van der Waals surface area contributed by atoms with Crippen molar-refractivity contribution < 1.29 is 9.53 Å². The molecule has 1 aromatic carbocycles. The van der Waals surface area contributed by atoms with Gasteiger partial charge in [-0.15, -0.1) is 0 Å². The summed E-state index contributed by atoms with van der Waals surface area (Å²) < 4.78 is 7.14. The Morgan fingerprint density at radius 1 is 1.23 bits per heavy atom. The number of methoxy groups -OCH3 is 1. The van der Waals surface area contributed by atoms with E-state index in [9.17, 15) is 4.79 Å². The maximum atomic E-state index is 13.4. The van der Waals surface area contributed by atoms with E-state index in [-0.39, 0.29) is 11.9 Å². The molecule has 1 aliphatic rings. The van der Waals surface area contributed by atoms with E-state index in [0.29, 0.717) is 18.8 Å². The third-order valence-corrected chi connectivity index (χ3v) is 5.25. The summed E-state index contributed by atoms with van der Waals surface area (Å²) in [6.07, 6.45) is 8.80. The first-order valence-corrected chi connectivity index (χ1v) is 9.68. The van der Waals surface area contributed by atoms with E-state index in [2.05, 4.69) is 16.1 Å². The Kier molecular flexibility index (Phi) is 6.31. The molecule has 0 atom stereocenters. The van der Waals surface area contributed by atoms with Gasteiger partial charge in [-0.05, 0) is 43.5 Å².